The van der Waals surface area contributed by atoms with Crippen molar-refractivity contribution in [1.29, 1.82) is 0 Å². The topological polar surface area (TPSA) is 56.5 Å². The minimum Gasteiger partial charge on any atom is -0.425 e. The van der Waals surface area contributed by atoms with Gasteiger partial charge in [-0.25, -0.2) is 9.50 Å². The third kappa shape index (κ3) is 3.62. The van der Waals surface area contributed by atoms with Crippen LogP contribution in [0, 0.1) is 20.8 Å². The molecule has 0 amide bonds. The Hall–Kier alpha value is -2.11. The second-order valence-corrected chi connectivity index (χ2v) is 6.63. The first kappa shape index (κ1) is 17.7. The van der Waals surface area contributed by atoms with Crippen LogP contribution in [0.4, 0.5) is 0 Å². The molecule has 2 heterocycles. The fourth-order valence-corrected chi connectivity index (χ4v) is 3.10. The van der Waals surface area contributed by atoms with Crippen molar-refractivity contribution in [1.82, 2.24) is 14.6 Å². The number of rotatable bonds is 4. The van der Waals surface area contributed by atoms with Gasteiger partial charge in [-0.05, 0) is 44.9 Å². The van der Waals surface area contributed by atoms with E-state index in [0.29, 0.717) is 11.4 Å². The third-order valence-electron chi connectivity index (χ3n) is 4.01. The van der Waals surface area contributed by atoms with Crippen molar-refractivity contribution in [2.24, 2.45) is 0 Å². The lowest BCUT2D eigenvalue weighted by Gasteiger charge is -2.11. The number of benzene rings is 1. The lowest BCUT2D eigenvalue weighted by Crippen LogP contribution is -2.12. The Balaban J connectivity index is 1.76. The second-order valence-electron chi connectivity index (χ2n) is 5.84. The van der Waals surface area contributed by atoms with Crippen molar-refractivity contribution in [3.8, 4) is 5.75 Å². The molecule has 0 saturated heterocycles. The molecule has 2 aromatic heterocycles. The van der Waals surface area contributed by atoms with Crippen LogP contribution in [-0.4, -0.2) is 20.6 Å². The lowest BCUT2D eigenvalue weighted by molar-refractivity contribution is -0.134. The molecule has 1 aromatic carbocycles. The summed E-state index contributed by atoms with van der Waals surface area (Å²) in [6.45, 7) is 5.84. The largest absolute Gasteiger partial charge is 0.425 e. The standard InChI is InChI=1S/C18H17Cl2N3O2/c1-10-9-16-21-11(2)13(12(3)23(16)22-10)7-8-17(24)25-15-6-4-5-14(19)18(15)20/h4-6,9H,7-8H2,1-3H3. The van der Waals surface area contributed by atoms with Gasteiger partial charge in [0.05, 0.1) is 17.1 Å². The molecular weight excluding hydrogens is 361 g/mol. The second kappa shape index (κ2) is 7.02. The first-order valence-corrected chi connectivity index (χ1v) is 8.59. The summed E-state index contributed by atoms with van der Waals surface area (Å²) in [4.78, 5) is 16.7. The SMILES string of the molecule is Cc1cc2nc(C)c(CCC(=O)Oc3cccc(Cl)c3Cl)c(C)n2n1. The van der Waals surface area contributed by atoms with Crippen molar-refractivity contribution in [2.75, 3.05) is 0 Å². The Labute approximate surface area is 155 Å². The minimum atomic E-state index is -0.375. The molecule has 0 saturated carbocycles. The quantitative estimate of drug-likeness (QED) is 0.496. The highest BCUT2D eigenvalue weighted by Crippen LogP contribution is 2.31. The van der Waals surface area contributed by atoms with Crippen LogP contribution < -0.4 is 4.74 Å². The number of hydrogen-bond acceptors (Lipinski definition) is 4. The van der Waals surface area contributed by atoms with Gasteiger partial charge in [-0.1, -0.05) is 29.3 Å². The van der Waals surface area contributed by atoms with Crippen LogP contribution in [0.1, 0.15) is 29.1 Å². The summed E-state index contributed by atoms with van der Waals surface area (Å²) in [7, 11) is 0. The Kier molecular flexibility index (Phi) is 4.97. The van der Waals surface area contributed by atoms with Gasteiger partial charge in [0.25, 0.3) is 0 Å². The van der Waals surface area contributed by atoms with Gasteiger partial charge in [0, 0.05) is 17.5 Å². The van der Waals surface area contributed by atoms with Gasteiger partial charge in [-0.3, -0.25) is 4.79 Å². The van der Waals surface area contributed by atoms with Crippen molar-refractivity contribution < 1.29 is 9.53 Å². The predicted molar refractivity (Wildman–Crippen MR) is 97.6 cm³/mol. The van der Waals surface area contributed by atoms with E-state index >= 15 is 0 Å². The van der Waals surface area contributed by atoms with E-state index in [0.717, 1.165) is 28.3 Å². The first-order chi connectivity index (χ1) is 11.9. The average molecular weight is 378 g/mol. The van der Waals surface area contributed by atoms with Gasteiger partial charge in [0.15, 0.2) is 11.4 Å². The highest BCUT2D eigenvalue weighted by molar-refractivity contribution is 6.43. The molecule has 0 aliphatic carbocycles. The number of ether oxygens (including phenoxy) is 1. The molecule has 0 unspecified atom stereocenters. The van der Waals surface area contributed by atoms with E-state index < -0.39 is 0 Å². The maximum Gasteiger partial charge on any atom is 0.311 e. The normalized spacial score (nSPS) is 11.1. The van der Waals surface area contributed by atoms with Gasteiger partial charge in [0.2, 0.25) is 0 Å². The molecule has 0 fully saturated rings. The first-order valence-electron chi connectivity index (χ1n) is 7.84. The maximum absolute atomic E-state index is 12.2. The van der Waals surface area contributed by atoms with Crippen molar-refractivity contribution >= 4 is 34.8 Å². The molecule has 130 valence electrons. The molecule has 0 spiro atoms. The van der Waals surface area contributed by atoms with Crippen LogP contribution >= 0.6 is 23.2 Å². The van der Waals surface area contributed by atoms with Crippen LogP contribution in [-0.2, 0) is 11.2 Å². The van der Waals surface area contributed by atoms with Crippen molar-refractivity contribution in [3.63, 3.8) is 0 Å². The van der Waals surface area contributed by atoms with E-state index in [9.17, 15) is 4.79 Å². The number of aryl methyl sites for hydroxylation is 3. The van der Waals surface area contributed by atoms with Gasteiger partial charge in [0.1, 0.15) is 5.02 Å². The molecule has 0 radical (unpaired) electrons. The third-order valence-corrected chi connectivity index (χ3v) is 4.81. The van der Waals surface area contributed by atoms with Crippen LogP contribution in [0.2, 0.25) is 10.0 Å². The Bertz CT molecular complexity index is 967. The average Bonchev–Trinajstić information content (AvgIpc) is 2.92. The van der Waals surface area contributed by atoms with Gasteiger partial charge < -0.3 is 4.74 Å². The maximum atomic E-state index is 12.2. The Morgan fingerprint density at radius 1 is 1.24 bits per heavy atom. The Morgan fingerprint density at radius 2 is 2.00 bits per heavy atom. The number of halogens is 2. The summed E-state index contributed by atoms with van der Waals surface area (Å²) in [6, 6.07) is 6.87. The zero-order valence-electron chi connectivity index (χ0n) is 14.1. The Morgan fingerprint density at radius 3 is 2.76 bits per heavy atom. The molecule has 7 heteroatoms. The molecular formula is C18H17Cl2N3O2. The summed E-state index contributed by atoms with van der Waals surface area (Å²) in [5, 5.41) is 5.02. The molecule has 0 aliphatic heterocycles. The van der Waals surface area contributed by atoms with Crippen molar-refractivity contribution in [3.05, 3.63) is 57.0 Å². The van der Waals surface area contributed by atoms with E-state index in [1.54, 1.807) is 22.7 Å². The molecule has 0 atom stereocenters. The van der Waals surface area contributed by atoms with Gasteiger partial charge in [-0.15, -0.1) is 0 Å². The number of carbonyl (C=O) groups is 1. The monoisotopic (exact) mass is 377 g/mol. The van der Waals surface area contributed by atoms with Crippen LogP contribution in [0.5, 0.6) is 5.75 Å². The van der Waals surface area contributed by atoms with E-state index in [1.807, 2.05) is 26.8 Å². The number of hydrogen-bond donors (Lipinski definition) is 0. The van der Waals surface area contributed by atoms with E-state index in [1.165, 1.54) is 0 Å². The zero-order chi connectivity index (χ0) is 18.1. The summed E-state index contributed by atoms with van der Waals surface area (Å²) in [5.74, 6) is -0.108. The summed E-state index contributed by atoms with van der Waals surface area (Å²) >= 11 is 12.0. The minimum absolute atomic E-state index is 0.206. The fraction of sp³-hybridized carbons (Fsp3) is 0.278. The predicted octanol–water partition coefficient (Wildman–Crippen LogP) is 4.50. The van der Waals surface area contributed by atoms with Crippen LogP contribution in [0.15, 0.2) is 24.3 Å². The highest BCUT2D eigenvalue weighted by atomic mass is 35.5. The number of esters is 1. The molecule has 0 N–H and O–H groups in total. The van der Waals surface area contributed by atoms with Crippen molar-refractivity contribution in [2.45, 2.75) is 33.6 Å². The molecule has 0 bridgehead atoms. The number of carbonyl (C=O) groups excluding carboxylic acids is 1. The van der Waals surface area contributed by atoms with Gasteiger partial charge >= 0.3 is 5.97 Å². The highest BCUT2D eigenvalue weighted by Gasteiger charge is 2.15. The van der Waals surface area contributed by atoms with E-state index in [-0.39, 0.29) is 23.2 Å². The molecule has 0 aliphatic rings. The summed E-state index contributed by atoms with van der Waals surface area (Å²) < 4.78 is 7.12. The molecule has 3 aromatic rings. The summed E-state index contributed by atoms with van der Waals surface area (Å²) in [5.41, 5.74) is 4.57. The molecule has 3 rings (SSSR count). The van der Waals surface area contributed by atoms with Crippen LogP contribution in [0.25, 0.3) is 5.65 Å². The summed E-state index contributed by atoms with van der Waals surface area (Å²) in [6.07, 6.45) is 0.717. The van der Waals surface area contributed by atoms with E-state index in [2.05, 4.69) is 10.1 Å². The zero-order valence-corrected chi connectivity index (χ0v) is 15.6. The number of nitrogens with zero attached hydrogens (tertiary/aromatic N) is 3. The fourth-order valence-electron chi connectivity index (χ4n) is 2.77. The number of aromatic nitrogens is 3. The van der Waals surface area contributed by atoms with Gasteiger partial charge in [-0.2, -0.15) is 5.10 Å². The lowest BCUT2D eigenvalue weighted by atomic mass is 10.1. The molecule has 25 heavy (non-hydrogen) atoms. The molecule has 5 nitrogen and oxygen atoms in total. The smallest absolute Gasteiger partial charge is 0.311 e. The van der Waals surface area contributed by atoms with Crippen LogP contribution in [0.3, 0.4) is 0 Å². The van der Waals surface area contributed by atoms with E-state index in [4.69, 9.17) is 27.9 Å². The number of fused-ring (bicyclic) bond motifs is 1.